The highest BCUT2D eigenvalue weighted by atomic mass is 31.2. The fourth-order valence-corrected chi connectivity index (χ4v) is 2.23. The molecule has 1 aromatic rings. The fraction of sp³-hybridized carbons (Fsp3) is 0.333. The summed E-state index contributed by atoms with van der Waals surface area (Å²) in [6.45, 7) is 5.77. The summed E-state index contributed by atoms with van der Waals surface area (Å²) in [4.78, 5) is 0. The highest BCUT2D eigenvalue weighted by Crippen LogP contribution is 2.48. The molecule has 0 spiro atoms. The molecule has 6 heteroatoms. The molecule has 0 aliphatic carbocycles. The van der Waals surface area contributed by atoms with Crippen molar-refractivity contribution in [3.63, 3.8) is 0 Å². The number of phosphoric acid groups is 1. The van der Waals surface area contributed by atoms with E-state index < -0.39 is 7.82 Å². The van der Waals surface area contributed by atoms with Gasteiger partial charge in [-0.15, -0.1) is 0 Å². The Hall–Kier alpha value is -1.13. The fourth-order valence-electron chi connectivity index (χ4n) is 1.35. The van der Waals surface area contributed by atoms with Crippen LogP contribution in [0.4, 0.5) is 0 Å². The van der Waals surface area contributed by atoms with Crippen molar-refractivity contribution in [1.29, 1.82) is 0 Å². The number of benzene rings is 1. The van der Waals surface area contributed by atoms with Crippen LogP contribution in [0.25, 0.3) is 6.08 Å². The van der Waals surface area contributed by atoms with Crippen LogP contribution in [0.2, 0.25) is 0 Å². The molecule has 5 nitrogen and oxygen atoms in total. The van der Waals surface area contributed by atoms with Crippen LogP contribution >= 0.6 is 7.82 Å². The highest BCUT2D eigenvalue weighted by Gasteiger charge is 2.27. The third-order valence-corrected chi connectivity index (χ3v) is 3.24. The average molecular weight is 271 g/mol. The van der Waals surface area contributed by atoms with Crippen LogP contribution in [0, 0.1) is 0 Å². The molecule has 100 valence electrons. The number of hydrogen-bond donors (Lipinski definition) is 1. The van der Waals surface area contributed by atoms with E-state index in [0.717, 1.165) is 11.1 Å². The lowest BCUT2D eigenvalue weighted by atomic mass is 10.1. The van der Waals surface area contributed by atoms with Crippen molar-refractivity contribution in [3.05, 3.63) is 35.4 Å². The van der Waals surface area contributed by atoms with Gasteiger partial charge in [-0.05, 0) is 26.8 Å². The van der Waals surface area contributed by atoms with Crippen LogP contribution in [-0.4, -0.2) is 6.61 Å². The minimum absolute atomic E-state index is 0.180. The molecule has 1 atom stereocenters. The second-order valence-corrected chi connectivity index (χ2v) is 5.37. The number of hydrogen-bond acceptors (Lipinski definition) is 5. The Morgan fingerprint density at radius 1 is 1.39 bits per heavy atom. The number of para-hydroxylation sites is 1. The molecule has 0 saturated heterocycles. The maximum Gasteiger partial charge on any atom is 0.546 e. The van der Waals surface area contributed by atoms with Crippen molar-refractivity contribution >= 4 is 13.9 Å². The molecule has 0 aliphatic rings. The molecule has 0 aliphatic heterocycles. The maximum atomic E-state index is 12.0. The van der Waals surface area contributed by atoms with E-state index in [1.807, 2.05) is 32.1 Å². The number of nitrogens with two attached hydrogens (primary N) is 1. The summed E-state index contributed by atoms with van der Waals surface area (Å²) in [7, 11) is -3.74. The summed E-state index contributed by atoms with van der Waals surface area (Å²) in [6.07, 6.45) is 1.90. The molecular formula is C12H18NO4P. The number of allylic oxidation sites excluding steroid dienone is 1. The summed E-state index contributed by atoms with van der Waals surface area (Å²) < 4.78 is 26.5. The Bertz CT molecular complexity index is 469. The van der Waals surface area contributed by atoms with Gasteiger partial charge in [-0.1, -0.05) is 29.8 Å². The first-order chi connectivity index (χ1) is 8.50. The molecule has 1 rings (SSSR count). The van der Waals surface area contributed by atoms with Crippen LogP contribution in [0.3, 0.4) is 0 Å². The van der Waals surface area contributed by atoms with E-state index in [0.29, 0.717) is 5.75 Å². The lowest BCUT2D eigenvalue weighted by Gasteiger charge is -2.16. The third kappa shape index (κ3) is 4.27. The normalized spacial score (nSPS) is 13.8. The second-order valence-electron chi connectivity index (χ2n) is 3.82. The van der Waals surface area contributed by atoms with Crippen LogP contribution in [-0.2, 0) is 13.7 Å². The van der Waals surface area contributed by atoms with Gasteiger partial charge in [0, 0.05) is 5.56 Å². The van der Waals surface area contributed by atoms with Gasteiger partial charge in [0.2, 0.25) is 0 Å². The summed E-state index contributed by atoms with van der Waals surface area (Å²) >= 11 is 0. The van der Waals surface area contributed by atoms with Crippen molar-refractivity contribution in [2.75, 3.05) is 6.61 Å². The molecule has 18 heavy (non-hydrogen) atoms. The van der Waals surface area contributed by atoms with Gasteiger partial charge in [0.05, 0.1) is 6.61 Å². The highest BCUT2D eigenvalue weighted by molar-refractivity contribution is 7.48. The lowest BCUT2D eigenvalue weighted by Crippen LogP contribution is -2.07. The third-order valence-electron chi connectivity index (χ3n) is 1.99. The number of phosphoric ester groups is 1. The molecule has 0 saturated carbocycles. The molecular weight excluding hydrogens is 253 g/mol. The Labute approximate surface area is 107 Å². The van der Waals surface area contributed by atoms with Crippen molar-refractivity contribution < 1.29 is 18.2 Å². The standard InChI is InChI=1S/C12H18NO4P/c1-4-15-18(14,17-13)16-12-8-6-5-7-11(12)9-10(2)3/h5-9H,4,13H2,1-3H3. The zero-order valence-corrected chi connectivity index (χ0v) is 11.6. The quantitative estimate of drug-likeness (QED) is 0.633. The van der Waals surface area contributed by atoms with Gasteiger partial charge in [0.1, 0.15) is 5.75 Å². The van der Waals surface area contributed by atoms with Gasteiger partial charge in [0.25, 0.3) is 0 Å². The summed E-state index contributed by atoms with van der Waals surface area (Å²) in [5.41, 5.74) is 1.88. The SMILES string of the molecule is CCOP(=O)(ON)Oc1ccccc1C=C(C)C. The second kappa shape index (κ2) is 6.71. The average Bonchev–Trinajstić information content (AvgIpc) is 2.31. The molecule has 0 heterocycles. The first-order valence-electron chi connectivity index (χ1n) is 5.57. The van der Waals surface area contributed by atoms with E-state index in [-0.39, 0.29) is 6.61 Å². The van der Waals surface area contributed by atoms with Crippen molar-refractivity contribution in [2.24, 2.45) is 5.90 Å². The summed E-state index contributed by atoms with van der Waals surface area (Å²) in [5, 5.41) is 0. The van der Waals surface area contributed by atoms with Gasteiger partial charge in [-0.3, -0.25) is 4.52 Å². The molecule has 0 amide bonds. The largest absolute Gasteiger partial charge is 0.546 e. The van der Waals surface area contributed by atoms with E-state index in [1.165, 1.54) is 0 Å². The van der Waals surface area contributed by atoms with Crippen LogP contribution in [0.5, 0.6) is 5.75 Å². The van der Waals surface area contributed by atoms with Gasteiger partial charge in [-0.2, -0.15) is 4.62 Å². The van der Waals surface area contributed by atoms with E-state index in [4.69, 9.17) is 14.9 Å². The molecule has 0 fully saturated rings. The minimum Gasteiger partial charge on any atom is -0.402 e. The number of rotatable bonds is 6. The monoisotopic (exact) mass is 271 g/mol. The van der Waals surface area contributed by atoms with Crippen molar-refractivity contribution in [3.8, 4) is 5.75 Å². The molecule has 0 radical (unpaired) electrons. The van der Waals surface area contributed by atoms with Crippen molar-refractivity contribution in [2.45, 2.75) is 20.8 Å². The van der Waals surface area contributed by atoms with Gasteiger partial charge < -0.3 is 4.52 Å². The first-order valence-corrected chi connectivity index (χ1v) is 7.03. The van der Waals surface area contributed by atoms with Crippen molar-refractivity contribution in [1.82, 2.24) is 0 Å². The van der Waals surface area contributed by atoms with Crippen LogP contribution in [0.1, 0.15) is 26.3 Å². The van der Waals surface area contributed by atoms with E-state index >= 15 is 0 Å². The topological polar surface area (TPSA) is 70.8 Å². The van der Waals surface area contributed by atoms with Crippen LogP contribution in [0.15, 0.2) is 29.8 Å². The summed E-state index contributed by atoms with van der Waals surface area (Å²) in [5.74, 6) is 5.37. The molecule has 2 N–H and O–H groups in total. The molecule has 1 aromatic carbocycles. The van der Waals surface area contributed by atoms with Gasteiger partial charge in [-0.25, -0.2) is 10.5 Å². The predicted octanol–water partition coefficient (Wildman–Crippen LogP) is 3.52. The Kier molecular flexibility index (Phi) is 5.56. The Balaban J connectivity index is 3.03. The Morgan fingerprint density at radius 3 is 2.61 bits per heavy atom. The minimum atomic E-state index is -3.74. The molecule has 0 bridgehead atoms. The van der Waals surface area contributed by atoms with E-state index in [1.54, 1.807) is 19.1 Å². The molecule has 0 aromatic heterocycles. The van der Waals surface area contributed by atoms with Gasteiger partial charge >= 0.3 is 7.82 Å². The Morgan fingerprint density at radius 2 is 2.06 bits per heavy atom. The van der Waals surface area contributed by atoms with E-state index in [2.05, 4.69) is 4.62 Å². The van der Waals surface area contributed by atoms with E-state index in [9.17, 15) is 4.57 Å². The zero-order chi connectivity index (χ0) is 13.6. The zero-order valence-electron chi connectivity index (χ0n) is 10.8. The molecule has 1 unspecified atom stereocenters. The predicted molar refractivity (Wildman–Crippen MR) is 70.9 cm³/mol. The summed E-state index contributed by atoms with van der Waals surface area (Å²) in [6, 6.07) is 7.15. The first kappa shape index (κ1) is 14.9. The lowest BCUT2D eigenvalue weighted by molar-refractivity contribution is 0.163. The van der Waals surface area contributed by atoms with Crippen LogP contribution < -0.4 is 10.4 Å². The maximum absolute atomic E-state index is 12.0. The smallest absolute Gasteiger partial charge is 0.402 e. The van der Waals surface area contributed by atoms with Gasteiger partial charge in [0.15, 0.2) is 0 Å².